The molecule has 0 aromatic heterocycles. The van der Waals surface area contributed by atoms with E-state index in [2.05, 4.69) is 4.90 Å². The van der Waals surface area contributed by atoms with Gasteiger partial charge in [-0.05, 0) is 42.3 Å². The minimum absolute atomic E-state index is 0.272. The minimum atomic E-state index is -4.33. The molecule has 27 heavy (non-hydrogen) atoms. The molecule has 144 valence electrons. The lowest BCUT2D eigenvalue weighted by atomic mass is 10.1. The number of alkyl halides is 3. The maximum absolute atomic E-state index is 12.9. The fraction of sp³-hybridized carbons (Fsp3) is 0.350. The summed E-state index contributed by atoms with van der Waals surface area (Å²) in [7, 11) is 0. The van der Waals surface area contributed by atoms with Crippen molar-refractivity contribution in [3.8, 4) is 0 Å². The van der Waals surface area contributed by atoms with E-state index in [1.165, 1.54) is 12.1 Å². The number of nitrogens with zero attached hydrogens (tertiary/aromatic N) is 2. The molecule has 0 saturated carbocycles. The van der Waals surface area contributed by atoms with Crippen molar-refractivity contribution in [3.63, 3.8) is 0 Å². The quantitative estimate of drug-likeness (QED) is 0.860. The number of carboxylic acid groups (broad SMARTS) is 1. The molecule has 2 aromatic rings. The predicted octanol–water partition coefficient (Wildman–Crippen LogP) is 3.77. The van der Waals surface area contributed by atoms with Crippen LogP contribution in [0.4, 0.5) is 18.9 Å². The molecule has 1 fully saturated rings. The number of rotatable bonds is 5. The van der Waals surface area contributed by atoms with Crippen LogP contribution in [0.15, 0.2) is 48.5 Å². The molecule has 0 aliphatic carbocycles. The molecule has 1 aliphatic heterocycles. The Kier molecular flexibility index (Phi) is 5.70. The van der Waals surface area contributed by atoms with Gasteiger partial charge in [0.1, 0.15) is 0 Å². The van der Waals surface area contributed by atoms with E-state index in [1.54, 1.807) is 18.2 Å². The molecule has 0 bridgehead atoms. The summed E-state index contributed by atoms with van der Waals surface area (Å²) in [5, 5.41) is 8.91. The van der Waals surface area contributed by atoms with Crippen molar-refractivity contribution in [2.24, 2.45) is 0 Å². The van der Waals surface area contributed by atoms with Crippen molar-refractivity contribution in [2.75, 3.05) is 37.6 Å². The highest BCUT2D eigenvalue weighted by Crippen LogP contribution is 2.31. The number of benzene rings is 2. The summed E-state index contributed by atoms with van der Waals surface area (Å²) in [6.45, 7) is 3.76. The molecule has 7 heteroatoms. The van der Waals surface area contributed by atoms with Crippen molar-refractivity contribution in [1.82, 2.24) is 4.90 Å². The average Bonchev–Trinajstić information content (AvgIpc) is 2.66. The maximum Gasteiger partial charge on any atom is 0.416 e. The van der Waals surface area contributed by atoms with Gasteiger partial charge in [-0.2, -0.15) is 13.2 Å². The number of piperazine rings is 1. The fourth-order valence-corrected chi connectivity index (χ4v) is 3.21. The number of aromatic carboxylic acids is 1. The van der Waals surface area contributed by atoms with Crippen LogP contribution in [0.5, 0.6) is 0 Å². The maximum atomic E-state index is 12.9. The Balaban J connectivity index is 1.51. The molecule has 0 spiro atoms. The number of halogens is 3. The third-order valence-electron chi connectivity index (χ3n) is 4.83. The summed E-state index contributed by atoms with van der Waals surface area (Å²) in [4.78, 5) is 15.1. The Morgan fingerprint density at radius 3 is 2.26 bits per heavy atom. The van der Waals surface area contributed by atoms with Gasteiger partial charge in [0.15, 0.2) is 0 Å². The zero-order valence-corrected chi connectivity index (χ0v) is 14.7. The van der Waals surface area contributed by atoms with Gasteiger partial charge in [0, 0.05) is 38.4 Å². The van der Waals surface area contributed by atoms with Crippen LogP contribution in [0.1, 0.15) is 21.5 Å². The van der Waals surface area contributed by atoms with Gasteiger partial charge in [-0.15, -0.1) is 0 Å². The molecule has 2 aromatic carbocycles. The summed E-state index contributed by atoms with van der Waals surface area (Å²) >= 11 is 0. The van der Waals surface area contributed by atoms with Crippen molar-refractivity contribution >= 4 is 11.7 Å². The van der Waals surface area contributed by atoms with Crippen LogP contribution in [0.25, 0.3) is 0 Å². The van der Waals surface area contributed by atoms with Gasteiger partial charge in [0.2, 0.25) is 0 Å². The van der Waals surface area contributed by atoms with Crippen LogP contribution in [0.2, 0.25) is 0 Å². The molecule has 0 radical (unpaired) electrons. The van der Waals surface area contributed by atoms with Crippen LogP contribution in [-0.2, 0) is 12.6 Å². The van der Waals surface area contributed by atoms with E-state index in [-0.39, 0.29) is 5.56 Å². The molecular weight excluding hydrogens is 357 g/mol. The van der Waals surface area contributed by atoms with E-state index in [0.717, 1.165) is 37.7 Å². The van der Waals surface area contributed by atoms with Crippen LogP contribution >= 0.6 is 0 Å². The zero-order chi connectivity index (χ0) is 19.4. The lowest BCUT2D eigenvalue weighted by Gasteiger charge is -2.36. The molecule has 0 unspecified atom stereocenters. The van der Waals surface area contributed by atoms with Crippen molar-refractivity contribution in [3.05, 3.63) is 65.2 Å². The predicted molar refractivity (Wildman–Crippen MR) is 97.2 cm³/mol. The Morgan fingerprint density at radius 1 is 1.00 bits per heavy atom. The molecular formula is C20H21F3N2O2. The summed E-state index contributed by atoms with van der Waals surface area (Å²) < 4.78 is 38.6. The first-order chi connectivity index (χ1) is 12.8. The smallest absolute Gasteiger partial charge is 0.416 e. The second-order valence-corrected chi connectivity index (χ2v) is 6.63. The first kappa shape index (κ1) is 19.2. The topological polar surface area (TPSA) is 43.8 Å². The van der Waals surface area contributed by atoms with E-state index in [1.807, 2.05) is 17.0 Å². The van der Waals surface area contributed by atoms with Gasteiger partial charge in [0.05, 0.1) is 11.1 Å². The Morgan fingerprint density at radius 2 is 1.67 bits per heavy atom. The molecule has 1 saturated heterocycles. The van der Waals surface area contributed by atoms with Gasteiger partial charge in [-0.3, -0.25) is 4.90 Å². The van der Waals surface area contributed by atoms with Crippen molar-refractivity contribution < 1.29 is 23.1 Å². The van der Waals surface area contributed by atoms with Gasteiger partial charge in [0.25, 0.3) is 0 Å². The third-order valence-corrected chi connectivity index (χ3v) is 4.83. The van der Waals surface area contributed by atoms with Gasteiger partial charge >= 0.3 is 12.1 Å². The Bertz CT molecular complexity index is 783. The molecule has 0 atom stereocenters. The fourth-order valence-electron chi connectivity index (χ4n) is 3.21. The standard InChI is InChI=1S/C20H21F3N2O2/c21-20(22,23)17-2-1-3-18(14-17)25-12-10-24(11-13-25)9-8-15-4-6-16(7-5-15)19(26)27/h1-7,14H,8-13H2,(H,26,27). The lowest BCUT2D eigenvalue weighted by Crippen LogP contribution is -2.47. The largest absolute Gasteiger partial charge is 0.478 e. The minimum Gasteiger partial charge on any atom is -0.478 e. The number of carbonyl (C=O) groups is 1. The molecule has 3 rings (SSSR count). The molecule has 4 nitrogen and oxygen atoms in total. The van der Waals surface area contributed by atoms with E-state index in [0.29, 0.717) is 18.8 Å². The molecule has 1 N–H and O–H groups in total. The summed E-state index contributed by atoms with van der Waals surface area (Å²) in [6, 6.07) is 12.3. The molecule has 1 heterocycles. The van der Waals surface area contributed by atoms with Crippen LogP contribution in [-0.4, -0.2) is 48.7 Å². The summed E-state index contributed by atoms with van der Waals surface area (Å²) in [5.41, 5.74) is 1.33. The van der Waals surface area contributed by atoms with Crippen LogP contribution < -0.4 is 4.90 Å². The van der Waals surface area contributed by atoms with Crippen LogP contribution in [0, 0.1) is 0 Å². The third kappa shape index (κ3) is 5.01. The van der Waals surface area contributed by atoms with Gasteiger partial charge in [-0.1, -0.05) is 18.2 Å². The summed E-state index contributed by atoms with van der Waals surface area (Å²) in [6.07, 6.45) is -3.52. The average molecular weight is 378 g/mol. The first-order valence-corrected chi connectivity index (χ1v) is 8.80. The van der Waals surface area contributed by atoms with E-state index in [9.17, 15) is 18.0 Å². The van der Waals surface area contributed by atoms with Crippen LogP contribution in [0.3, 0.4) is 0 Å². The summed E-state index contributed by atoms with van der Waals surface area (Å²) in [5.74, 6) is -0.938. The van der Waals surface area contributed by atoms with Crippen molar-refractivity contribution in [1.29, 1.82) is 0 Å². The van der Waals surface area contributed by atoms with Gasteiger partial charge in [-0.25, -0.2) is 4.79 Å². The van der Waals surface area contributed by atoms with E-state index < -0.39 is 17.7 Å². The number of hydrogen-bond acceptors (Lipinski definition) is 3. The van der Waals surface area contributed by atoms with Gasteiger partial charge < -0.3 is 10.0 Å². The monoisotopic (exact) mass is 378 g/mol. The normalized spacial score (nSPS) is 15.7. The Labute approximate surface area is 155 Å². The SMILES string of the molecule is O=C(O)c1ccc(CCN2CCN(c3cccc(C(F)(F)F)c3)CC2)cc1. The number of hydrogen-bond donors (Lipinski definition) is 1. The number of carboxylic acids is 1. The molecule has 0 amide bonds. The highest BCUT2D eigenvalue weighted by Gasteiger charge is 2.31. The lowest BCUT2D eigenvalue weighted by molar-refractivity contribution is -0.137. The number of anilines is 1. The highest BCUT2D eigenvalue weighted by atomic mass is 19.4. The first-order valence-electron chi connectivity index (χ1n) is 8.80. The second-order valence-electron chi connectivity index (χ2n) is 6.63. The highest BCUT2D eigenvalue weighted by molar-refractivity contribution is 5.87. The Hall–Kier alpha value is -2.54. The van der Waals surface area contributed by atoms with E-state index in [4.69, 9.17) is 5.11 Å². The van der Waals surface area contributed by atoms with E-state index >= 15 is 0 Å². The van der Waals surface area contributed by atoms with Crippen molar-refractivity contribution in [2.45, 2.75) is 12.6 Å². The zero-order valence-electron chi connectivity index (χ0n) is 14.7. The molecule has 1 aliphatic rings. The second kappa shape index (κ2) is 8.00.